The summed E-state index contributed by atoms with van der Waals surface area (Å²) in [6.07, 6.45) is 0. The predicted octanol–water partition coefficient (Wildman–Crippen LogP) is 1.62. The van der Waals surface area contributed by atoms with Gasteiger partial charge < -0.3 is 0 Å². The van der Waals surface area contributed by atoms with Gasteiger partial charge in [-0.2, -0.15) is 0 Å². The van der Waals surface area contributed by atoms with Gasteiger partial charge in [-0.3, -0.25) is 0 Å². The summed E-state index contributed by atoms with van der Waals surface area (Å²) in [4.78, 5) is 22.3. The Labute approximate surface area is 119 Å². The molecule has 94 valence electrons. The third-order valence-corrected chi connectivity index (χ3v) is 8.56. The fraction of sp³-hybridized carbons (Fsp3) is 0.333. The SMILES string of the molecule is COC(=O)[CH](CNc1ccccc1)[Hg][O]C(C)=O. The monoisotopic (exact) mass is 439 g/mol. The van der Waals surface area contributed by atoms with E-state index in [0.717, 1.165) is 5.69 Å². The summed E-state index contributed by atoms with van der Waals surface area (Å²) in [5, 5.41) is 3.15. The Balaban J connectivity index is 2.50. The minimum absolute atomic E-state index is 0.292. The number of anilines is 1. The van der Waals surface area contributed by atoms with Gasteiger partial charge in [0, 0.05) is 0 Å². The number of ether oxygens (including phenoxy) is 1. The van der Waals surface area contributed by atoms with Crippen LogP contribution in [0.5, 0.6) is 0 Å². The zero-order chi connectivity index (χ0) is 13.4. The van der Waals surface area contributed by atoms with E-state index in [-0.39, 0.29) is 15.4 Å². The first-order chi connectivity index (χ1) is 8.63. The molecule has 1 unspecified atom stereocenters. The number of rotatable bonds is 6. The zero-order valence-electron chi connectivity index (χ0n) is 10.5. The van der Waals surface area contributed by atoms with Gasteiger partial charge >= 0.3 is 119 Å². The van der Waals surface area contributed by atoms with Crippen LogP contribution >= 0.6 is 0 Å². The molecule has 0 aromatic heterocycles. The summed E-state index contributed by atoms with van der Waals surface area (Å²) in [5.74, 6) is -0.619. The first kappa shape index (κ1) is 15.0. The number of carbonyl (C=O) groups is 2. The molecule has 18 heavy (non-hydrogen) atoms. The molecule has 5 nitrogen and oxygen atoms in total. The van der Waals surface area contributed by atoms with Gasteiger partial charge in [0.05, 0.1) is 0 Å². The Kier molecular flexibility index (Phi) is 6.71. The molecule has 0 spiro atoms. The fourth-order valence-electron chi connectivity index (χ4n) is 1.39. The molecule has 1 aromatic rings. The number of hydrogen-bond donors (Lipinski definition) is 1. The Morgan fingerprint density at radius 1 is 1.33 bits per heavy atom. The van der Waals surface area contributed by atoms with Crippen molar-refractivity contribution in [1.29, 1.82) is 0 Å². The van der Waals surface area contributed by atoms with Crippen molar-refractivity contribution in [2.45, 2.75) is 10.4 Å². The summed E-state index contributed by atoms with van der Waals surface area (Å²) in [6.45, 7) is 1.81. The second-order valence-corrected chi connectivity index (χ2v) is 10.0. The van der Waals surface area contributed by atoms with Crippen LogP contribution in [-0.2, 0) is 42.0 Å². The molecular weight excluding hydrogens is 423 g/mol. The Bertz CT molecular complexity index is 396. The molecule has 0 heterocycles. The summed E-state index contributed by atoms with van der Waals surface area (Å²) in [5.41, 5.74) is 0.933. The molecule has 0 fully saturated rings. The van der Waals surface area contributed by atoms with Gasteiger partial charge in [0.1, 0.15) is 0 Å². The Morgan fingerprint density at radius 3 is 2.56 bits per heavy atom. The van der Waals surface area contributed by atoms with Crippen molar-refractivity contribution in [1.82, 2.24) is 0 Å². The van der Waals surface area contributed by atoms with Crippen molar-refractivity contribution in [3.8, 4) is 0 Å². The molecule has 0 aliphatic carbocycles. The quantitative estimate of drug-likeness (QED) is 0.541. The first-order valence-corrected chi connectivity index (χ1v) is 11.1. The van der Waals surface area contributed by atoms with Gasteiger partial charge in [0.2, 0.25) is 0 Å². The fourth-order valence-corrected chi connectivity index (χ4v) is 5.28. The van der Waals surface area contributed by atoms with E-state index in [9.17, 15) is 9.59 Å². The summed E-state index contributed by atoms with van der Waals surface area (Å²) in [7, 11) is 1.35. The van der Waals surface area contributed by atoms with Crippen molar-refractivity contribution < 1.29 is 42.0 Å². The van der Waals surface area contributed by atoms with Gasteiger partial charge in [-0.05, 0) is 0 Å². The first-order valence-electron chi connectivity index (χ1n) is 5.63. The normalized spacial score (nSPS) is 11.0. The van der Waals surface area contributed by atoms with Crippen LogP contribution in [-0.4, -0.2) is 25.6 Å². The molecule has 0 amide bonds. The zero-order valence-corrected chi connectivity index (χ0v) is 16.0. The molecule has 1 atom stereocenters. The van der Waals surface area contributed by atoms with Gasteiger partial charge in [-0.25, -0.2) is 0 Å². The number of hydrogen-bond acceptors (Lipinski definition) is 5. The molecule has 6 heteroatoms. The van der Waals surface area contributed by atoms with Crippen LogP contribution in [0.3, 0.4) is 0 Å². The van der Waals surface area contributed by atoms with Crippen molar-refractivity contribution in [2.24, 2.45) is 0 Å². The van der Waals surface area contributed by atoms with Crippen LogP contribution < -0.4 is 5.32 Å². The van der Waals surface area contributed by atoms with Gasteiger partial charge in [-0.1, -0.05) is 0 Å². The molecule has 1 aromatic carbocycles. The van der Waals surface area contributed by atoms with Gasteiger partial charge in [-0.15, -0.1) is 0 Å². The van der Waals surface area contributed by atoms with E-state index in [1.54, 1.807) is 0 Å². The van der Waals surface area contributed by atoms with E-state index in [2.05, 4.69) is 5.32 Å². The maximum absolute atomic E-state index is 11.5. The number of para-hydroxylation sites is 1. The van der Waals surface area contributed by atoms with Crippen LogP contribution in [0.2, 0.25) is 3.43 Å². The molecule has 1 N–H and O–H groups in total. The van der Waals surface area contributed by atoms with Crippen LogP contribution in [0, 0.1) is 0 Å². The van der Waals surface area contributed by atoms with Gasteiger partial charge in [0.25, 0.3) is 0 Å². The van der Waals surface area contributed by atoms with Crippen molar-refractivity contribution in [2.75, 3.05) is 19.0 Å². The molecule has 0 aliphatic rings. The number of methoxy groups -OCH3 is 1. The second kappa shape index (κ2) is 8.08. The molecular formula is C12H15HgNO4. The number of esters is 1. The van der Waals surface area contributed by atoms with E-state index in [0.29, 0.717) is 6.54 Å². The van der Waals surface area contributed by atoms with E-state index < -0.39 is 25.0 Å². The molecule has 0 bridgehead atoms. The molecule has 1 rings (SSSR count). The predicted molar refractivity (Wildman–Crippen MR) is 62.5 cm³/mol. The standard InChI is InChI=1S/C10H12NO2.C2H4O2.Hg/c1-13-10(12)7-8-11-9-5-3-2-4-6-9;1-2(3)4;/h2-7,11H,8H2,1H3;1H3,(H,3,4);/q;;+1/p-1. The van der Waals surface area contributed by atoms with Crippen molar-refractivity contribution >= 4 is 17.6 Å². The van der Waals surface area contributed by atoms with E-state index in [1.165, 1.54) is 14.0 Å². The Morgan fingerprint density at radius 2 is 2.00 bits per heavy atom. The minimum atomic E-state index is -2.06. The number of nitrogens with one attached hydrogen (secondary N) is 1. The molecule has 0 saturated heterocycles. The molecule has 0 saturated carbocycles. The Hall–Kier alpha value is -1.10. The topological polar surface area (TPSA) is 64.6 Å². The van der Waals surface area contributed by atoms with Crippen LogP contribution in [0.4, 0.5) is 5.69 Å². The van der Waals surface area contributed by atoms with Crippen molar-refractivity contribution in [3.05, 3.63) is 30.3 Å². The van der Waals surface area contributed by atoms with Crippen LogP contribution in [0.15, 0.2) is 30.3 Å². The average Bonchev–Trinajstić information content (AvgIpc) is 2.39. The summed E-state index contributed by atoms with van der Waals surface area (Å²) < 4.78 is 9.48. The maximum atomic E-state index is 11.5. The second-order valence-electron chi connectivity index (χ2n) is 3.77. The third-order valence-electron chi connectivity index (χ3n) is 2.35. The van der Waals surface area contributed by atoms with Crippen LogP contribution in [0.1, 0.15) is 6.92 Å². The number of benzene rings is 1. The van der Waals surface area contributed by atoms with Gasteiger partial charge in [0.15, 0.2) is 0 Å². The summed E-state index contributed by atoms with van der Waals surface area (Å²) in [6, 6.07) is 9.56. The molecule has 0 radical (unpaired) electrons. The molecule has 0 aliphatic heterocycles. The van der Waals surface area contributed by atoms with E-state index in [1.807, 2.05) is 30.3 Å². The van der Waals surface area contributed by atoms with E-state index >= 15 is 0 Å². The third kappa shape index (κ3) is 5.49. The summed E-state index contributed by atoms with van der Waals surface area (Å²) >= 11 is -2.06. The van der Waals surface area contributed by atoms with E-state index in [4.69, 9.17) is 7.38 Å². The van der Waals surface area contributed by atoms with Crippen molar-refractivity contribution in [3.63, 3.8) is 0 Å². The number of carbonyl (C=O) groups excluding carboxylic acids is 2. The van der Waals surface area contributed by atoms with Crippen LogP contribution in [0.25, 0.3) is 0 Å². The average molecular weight is 438 g/mol.